The highest BCUT2D eigenvalue weighted by Crippen LogP contribution is 2.23. The molecule has 2 atom stereocenters. The van der Waals surface area contributed by atoms with Gasteiger partial charge in [0.15, 0.2) is 0 Å². The Morgan fingerprint density at radius 1 is 0.935 bits per heavy atom. The van der Waals surface area contributed by atoms with Gasteiger partial charge in [-0.15, -0.1) is 0 Å². The molecule has 1 aliphatic rings. The van der Waals surface area contributed by atoms with Gasteiger partial charge >= 0.3 is 5.97 Å². The molecule has 0 radical (unpaired) electrons. The summed E-state index contributed by atoms with van der Waals surface area (Å²) in [6.45, 7) is 8.50. The van der Waals surface area contributed by atoms with Crippen LogP contribution in [0.4, 0.5) is 0 Å². The Morgan fingerprint density at radius 2 is 1.55 bits per heavy atom. The number of piperazine rings is 1. The quantitative estimate of drug-likeness (QED) is 0.537. The van der Waals surface area contributed by atoms with Gasteiger partial charge in [-0.2, -0.15) is 0 Å². The van der Waals surface area contributed by atoms with Crippen molar-refractivity contribution >= 4 is 5.97 Å². The van der Waals surface area contributed by atoms with E-state index in [2.05, 4.69) is 47.9 Å². The Balaban J connectivity index is 1.35. The largest absolute Gasteiger partial charge is 0.465 e. The Kier molecular flexibility index (Phi) is 6.54. The topological polar surface area (TPSA) is 45.9 Å². The molecule has 5 heteroatoms. The number of hydrogen-bond donors (Lipinski definition) is 0. The van der Waals surface area contributed by atoms with Gasteiger partial charge in [0.25, 0.3) is 0 Å². The van der Waals surface area contributed by atoms with Crippen LogP contribution in [0.25, 0.3) is 11.3 Å². The smallest absolute Gasteiger partial charge is 0.337 e. The lowest BCUT2D eigenvalue weighted by Gasteiger charge is -2.44. The first kappa shape index (κ1) is 21.3. The monoisotopic (exact) mass is 418 g/mol. The van der Waals surface area contributed by atoms with Crippen LogP contribution in [0.5, 0.6) is 0 Å². The van der Waals surface area contributed by atoms with Crippen molar-refractivity contribution in [2.75, 3.05) is 20.2 Å². The van der Waals surface area contributed by atoms with E-state index in [9.17, 15) is 4.79 Å². The Morgan fingerprint density at radius 3 is 2.13 bits per heavy atom. The molecular formula is C26H30N2O3. The maximum absolute atomic E-state index is 11.6. The molecule has 1 aliphatic heterocycles. The molecule has 1 aromatic heterocycles. The number of nitrogens with zero attached hydrogens (tertiary/aromatic N) is 2. The van der Waals surface area contributed by atoms with Crippen molar-refractivity contribution in [1.82, 2.24) is 9.80 Å². The second-order valence-corrected chi connectivity index (χ2v) is 8.43. The van der Waals surface area contributed by atoms with Gasteiger partial charge in [0.05, 0.1) is 18.9 Å². The maximum Gasteiger partial charge on any atom is 0.337 e. The lowest BCUT2D eigenvalue weighted by Crippen LogP contribution is -2.55. The number of furan rings is 1. The summed E-state index contributed by atoms with van der Waals surface area (Å²) in [4.78, 5) is 16.7. The van der Waals surface area contributed by atoms with Crippen molar-refractivity contribution in [3.05, 3.63) is 83.6 Å². The SMILES string of the molecule is COC(=O)c1ccc(CN2[C@H](C)CN(Cc3ccc(-c4ccco4)cc3)C[C@@H]2C)cc1. The van der Waals surface area contributed by atoms with Gasteiger partial charge in [0, 0.05) is 43.8 Å². The van der Waals surface area contributed by atoms with Gasteiger partial charge in [-0.25, -0.2) is 4.79 Å². The van der Waals surface area contributed by atoms with Crippen LogP contribution in [0.3, 0.4) is 0 Å². The minimum absolute atomic E-state index is 0.293. The molecule has 31 heavy (non-hydrogen) atoms. The van der Waals surface area contributed by atoms with Crippen LogP contribution in [-0.2, 0) is 17.8 Å². The van der Waals surface area contributed by atoms with E-state index < -0.39 is 0 Å². The summed E-state index contributed by atoms with van der Waals surface area (Å²) < 4.78 is 10.3. The van der Waals surface area contributed by atoms with Crippen LogP contribution in [-0.4, -0.2) is 48.1 Å². The van der Waals surface area contributed by atoms with E-state index in [1.54, 1.807) is 6.26 Å². The molecule has 0 saturated carbocycles. The van der Waals surface area contributed by atoms with E-state index in [-0.39, 0.29) is 5.97 Å². The first-order valence-electron chi connectivity index (χ1n) is 10.8. The molecule has 0 N–H and O–H groups in total. The van der Waals surface area contributed by atoms with Gasteiger partial charge in [-0.1, -0.05) is 36.4 Å². The molecule has 0 unspecified atom stereocenters. The highest BCUT2D eigenvalue weighted by Gasteiger charge is 2.29. The average Bonchev–Trinajstić information content (AvgIpc) is 3.32. The van der Waals surface area contributed by atoms with E-state index >= 15 is 0 Å². The van der Waals surface area contributed by atoms with Gasteiger partial charge in [0.2, 0.25) is 0 Å². The minimum atomic E-state index is -0.293. The molecule has 0 bridgehead atoms. The number of benzene rings is 2. The third kappa shape index (κ3) is 5.06. The van der Waals surface area contributed by atoms with Crippen molar-refractivity contribution in [3.8, 4) is 11.3 Å². The highest BCUT2D eigenvalue weighted by atomic mass is 16.5. The van der Waals surface area contributed by atoms with Crippen LogP contribution in [0.2, 0.25) is 0 Å². The molecule has 2 aromatic carbocycles. The Labute approximate surface area is 184 Å². The molecule has 5 nitrogen and oxygen atoms in total. The molecular weight excluding hydrogens is 388 g/mol. The standard InChI is InChI=1S/C26H30N2O3/c1-19-15-27(17-21-6-10-23(11-7-21)25-5-4-14-31-25)16-20(2)28(19)18-22-8-12-24(13-9-22)26(29)30-3/h4-14,19-20H,15-18H2,1-3H3/t19-,20+. The number of methoxy groups -OCH3 is 1. The van der Waals surface area contributed by atoms with Gasteiger partial charge in [-0.05, 0) is 49.2 Å². The fourth-order valence-corrected chi connectivity index (χ4v) is 4.46. The summed E-state index contributed by atoms with van der Waals surface area (Å²) in [5.74, 6) is 0.612. The molecule has 0 spiro atoms. The highest BCUT2D eigenvalue weighted by molar-refractivity contribution is 5.89. The molecule has 162 valence electrons. The van der Waals surface area contributed by atoms with Crippen molar-refractivity contribution in [3.63, 3.8) is 0 Å². The number of carbonyl (C=O) groups excluding carboxylic acids is 1. The predicted octanol–water partition coefficient (Wildman–Crippen LogP) is 4.83. The fourth-order valence-electron chi connectivity index (χ4n) is 4.46. The van der Waals surface area contributed by atoms with Crippen LogP contribution in [0.15, 0.2) is 71.3 Å². The maximum atomic E-state index is 11.6. The van der Waals surface area contributed by atoms with Gasteiger partial charge in [-0.3, -0.25) is 9.80 Å². The Hall–Kier alpha value is -2.89. The zero-order valence-corrected chi connectivity index (χ0v) is 18.5. The van der Waals surface area contributed by atoms with Crippen LogP contribution in [0.1, 0.15) is 35.3 Å². The number of rotatable bonds is 6. The summed E-state index contributed by atoms with van der Waals surface area (Å²) in [5.41, 5.74) is 4.24. The second-order valence-electron chi connectivity index (χ2n) is 8.43. The lowest BCUT2D eigenvalue weighted by molar-refractivity contribution is 0.0290. The van der Waals surface area contributed by atoms with Crippen molar-refractivity contribution in [2.24, 2.45) is 0 Å². The number of esters is 1. The van der Waals surface area contributed by atoms with Crippen molar-refractivity contribution < 1.29 is 13.9 Å². The van der Waals surface area contributed by atoms with Crippen LogP contribution in [0, 0.1) is 0 Å². The zero-order valence-electron chi connectivity index (χ0n) is 18.5. The summed E-state index contributed by atoms with van der Waals surface area (Å²) >= 11 is 0. The molecule has 4 rings (SSSR count). The molecule has 3 aromatic rings. The molecule has 2 heterocycles. The minimum Gasteiger partial charge on any atom is -0.465 e. The first-order chi connectivity index (χ1) is 15.0. The fraction of sp³-hybridized carbons (Fsp3) is 0.346. The number of hydrogen-bond acceptors (Lipinski definition) is 5. The van der Waals surface area contributed by atoms with Crippen molar-refractivity contribution in [1.29, 1.82) is 0 Å². The summed E-state index contributed by atoms with van der Waals surface area (Å²) in [6.07, 6.45) is 1.71. The number of ether oxygens (including phenoxy) is 1. The normalized spacial score (nSPS) is 20.0. The van der Waals surface area contributed by atoms with Gasteiger partial charge < -0.3 is 9.15 Å². The molecule has 1 fully saturated rings. The van der Waals surface area contributed by atoms with E-state index in [1.165, 1.54) is 18.2 Å². The van der Waals surface area contributed by atoms with Gasteiger partial charge in [0.1, 0.15) is 5.76 Å². The average molecular weight is 419 g/mol. The number of carbonyl (C=O) groups is 1. The third-order valence-electron chi connectivity index (χ3n) is 6.08. The van der Waals surface area contributed by atoms with E-state index in [1.807, 2.05) is 36.4 Å². The zero-order chi connectivity index (χ0) is 21.8. The molecule has 0 aliphatic carbocycles. The van der Waals surface area contributed by atoms with E-state index in [0.717, 1.165) is 37.5 Å². The first-order valence-corrected chi connectivity index (χ1v) is 10.8. The lowest BCUT2D eigenvalue weighted by atomic mass is 10.0. The summed E-state index contributed by atoms with van der Waals surface area (Å²) in [6, 6.07) is 21.2. The van der Waals surface area contributed by atoms with Crippen LogP contribution >= 0.6 is 0 Å². The van der Waals surface area contributed by atoms with E-state index in [0.29, 0.717) is 17.6 Å². The summed E-state index contributed by atoms with van der Waals surface area (Å²) in [7, 11) is 1.41. The van der Waals surface area contributed by atoms with E-state index in [4.69, 9.17) is 9.15 Å². The second kappa shape index (κ2) is 9.50. The third-order valence-corrected chi connectivity index (χ3v) is 6.08. The molecule has 0 amide bonds. The van der Waals surface area contributed by atoms with Crippen LogP contribution < -0.4 is 0 Å². The summed E-state index contributed by atoms with van der Waals surface area (Å²) in [5, 5.41) is 0. The van der Waals surface area contributed by atoms with Crippen molar-refractivity contribution in [2.45, 2.75) is 39.0 Å². The Bertz CT molecular complexity index is 969. The molecule has 1 saturated heterocycles. The predicted molar refractivity (Wildman–Crippen MR) is 122 cm³/mol.